The van der Waals surface area contributed by atoms with E-state index < -0.39 is 10.0 Å². The van der Waals surface area contributed by atoms with Crippen LogP contribution < -0.4 is 9.62 Å². The van der Waals surface area contributed by atoms with Crippen LogP contribution in [0.25, 0.3) is 0 Å². The lowest BCUT2D eigenvalue weighted by Crippen LogP contribution is -2.38. The van der Waals surface area contributed by atoms with Crippen LogP contribution in [0.4, 0.5) is 5.69 Å². The van der Waals surface area contributed by atoms with Crippen molar-refractivity contribution in [2.24, 2.45) is 0 Å². The molecule has 1 amide bonds. The number of halogens is 1. The van der Waals surface area contributed by atoms with Crippen molar-refractivity contribution in [3.8, 4) is 0 Å². The predicted molar refractivity (Wildman–Crippen MR) is 106 cm³/mol. The van der Waals surface area contributed by atoms with Gasteiger partial charge in [-0.05, 0) is 37.1 Å². The summed E-state index contributed by atoms with van der Waals surface area (Å²) in [6, 6.07) is 12.8. The molecule has 0 heterocycles. The lowest BCUT2D eigenvalue weighted by atomic mass is 10.1. The van der Waals surface area contributed by atoms with Gasteiger partial charge in [0.25, 0.3) is 0 Å². The maximum Gasteiger partial charge on any atom is 0.232 e. The highest BCUT2D eigenvalue weighted by molar-refractivity contribution is 7.92. The van der Waals surface area contributed by atoms with Gasteiger partial charge in [0.15, 0.2) is 0 Å². The van der Waals surface area contributed by atoms with Crippen LogP contribution >= 0.6 is 11.6 Å². The summed E-state index contributed by atoms with van der Waals surface area (Å²) in [5, 5.41) is 3.27. The summed E-state index contributed by atoms with van der Waals surface area (Å²) in [5.41, 5.74) is 3.40. The third kappa shape index (κ3) is 5.75. The Labute approximate surface area is 160 Å². The minimum Gasteiger partial charge on any atom is -0.354 e. The Kier molecular flexibility index (Phi) is 6.67. The molecular weight excluding hydrogens is 372 g/mol. The quantitative estimate of drug-likeness (QED) is 0.784. The molecule has 2 aromatic carbocycles. The van der Waals surface area contributed by atoms with Crippen LogP contribution in [0.1, 0.15) is 16.7 Å². The Morgan fingerprint density at radius 3 is 2.35 bits per heavy atom. The summed E-state index contributed by atoms with van der Waals surface area (Å²) in [4.78, 5) is 12.1. The molecule has 7 heteroatoms. The zero-order chi connectivity index (χ0) is 19.3. The number of sulfonamides is 1. The lowest BCUT2D eigenvalue weighted by molar-refractivity contribution is -0.120. The molecule has 2 rings (SSSR count). The molecule has 140 valence electrons. The number of amides is 1. The molecule has 0 bridgehead atoms. The van der Waals surface area contributed by atoms with Gasteiger partial charge in [0.1, 0.15) is 0 Å². The molecule has 0 fully saturated rings. The zero-order valence-corrected chi connectivity index (χ0v) is 16.7. The number of hydrogen-bond donors (Lipinski definition) is 1. The van der Waals surface area contributed by atoms with E-state index in [4.69, 9.17) is 11.6 Å². The molecule has 5 nitrogen and oxygen atoms in total. The van der Waals surface area contributed by atoms with E-state index in [0.29, 0.717) is 10.7 Å². The van der Waals surface area contributed by atoms with Crippen molar-refractivity contribution < 1.29 is 13.2 Å². The number of hydrogen-bond acceptors (Lipinski definition) is 3. The van der Waals surface area contributed by atoms with E-state index >= 15 is 0 Å². The van der Waals surface area contributed by atoms with E-state index in [1.165, 1.54) is 4.31 Å². The summed E-state index contributed by atoms with van der Waals surface area (Å²) in [7, 11) is -3.49. The van der Waals surface area contributed by atoms with Crippen molar-refractivity contribution in [1.82, 2.24) is 5.32 Å². The van der Waals surface area contributed by atoms with Crippen molar-refractivity contribution in [3.05, 3.63) is 64.2 Å². The lowest BCUT2D eigenvalue weighted by Gasteiger charge is -2.23. The molecule has 0 spiro atoms. The molecule has 0 saturated carbocycles. The largest absolute Gasteiger partial charge is 0.354 e. The van der Waals surface area contributed by atoms with Gasteiger partial charge in [0, 0.05) is 11.6 Å². The van der Waals surface area contributed by atoms with E-state index in [0.717, 1.165) is 22.9 Å². The van der Waals surface area contributed by atoms with Crippen molar-refractivity contribution in [3.63, 3.8) is 0 Å². The smallest absolute Gasteiger partial charge is 0.232 e. The number of nitrogens with zero attached hydrogens (tertiary/aromatic N) is 1. The number of benzene rings is 2. The second-order valence-corrected chi connectivity index (χ2v) is 8.59. The fourth-order valence-corrected chi connectivity index (χ4v) is 3.57. The average molecular weight is 395 g/mol. The van der Waals surface area contributed by atoms with Crippen LogP contribution in [-0.4, -0.2) is 33.7 Å². The second-order valence-electron chi connectivity index (χ2n) is 6.28. The van der Waals surface area contributed by atoms with E-state index in [1.54, 1.807) is 18.2 Å². The Morgan fingerprint density at radius 1 is 1.12 bits per heavy atom. The molecule has 0 atom stereocenters. The van der Waals surface area contributed by atoms with Crippen LogP contribution in [0.2, 0.25) is 5.02 Å². The molecule has 2 aromatic rings. The van der Waals surface area contributed by atoms with Gasteiger partial charge >= 0.3 is 0 Å². The first kappa shape index (κ1) is 20.3. The zero-order valence-electron chi connectivity index (χ0n) is 15.1. The summed E-state index contributed by atoms with van der Waals surface area (Å²) >= 11 is 6.10. The molecule has 0 saturated heterocycles. The van der Waals surface area contributed by atoms with Gasteiger partial charge < -0.3 is 5.32 Å². The standard InChI is InChI=1S/C19H23ClN2O3S/c1-14-4-7-16(8-5-14)12-19(23)21-10-11-22(26(3,24)25)17-9-6-15(2)18(20)13-17/h4-9,13H,10-12H2,1-3H3,(H,21,23). The highest BCUT2D eigenvalue weighted by Crippen LogP contribution is 2.24. The summed E-state index contributed by atoms with van der Waals surface area (Å²) in [5.74, 6) is -0.149. The van der Waals surface area contributed by atoms with Gasteiger partial charge in [-0.2, -0.15) is 0 Å². The number of rotatable bonds is 7. The Bertz CT molecular complexity index is 880. The van der Waals surface area contributed by atoms with Gasteiger partial charge in [-0.25, -0.2) is 8.42 Å². The monoisotopic (exact) mass is 394 g/mol. The molecule has 1 N–H and O–H groups in total. The van der Waals surface area contributed by atoms with Gasteiger partial charge in [0.05, 0.1) is 24.9 Å². The minimum atomic E-state index is -3.49. The molecule has 0 radical (unpaired) electrons. The molecule has 0 aliphatic heterocycles. The maximum absolute atomic E-state index is 12.1. The SMILES string of the molecule is Cc1ccc(CC(=O)NCCN(c2ccc(C)c(Cl)c2)S(C)(=O)=O)cc1. The van der Waals surface area contributed by atoms with Crippen LogP contribution in [0.5, 0.6) is 0 Å². The first-order valence-electron chi connectivity index (χ1n) is 8.23. The van der Waals surface area contributed by atoms with E-state index in [2.05, 4.69) is 5.32 Å². The van der Waals surface area contributed by atoms with Gasteiger partial charge in [0.2, 0.25) is 15.9 Å². The third-order valence-electron chi connectivity index (χ3n) is 3.97. The fraction of sp³-hybridized carbons (Fsp3) is 0.316. The molecule has 0 aliphatic carbocycles. The maximum atomic E-state index is 12.1. The number of nitrogens with one attached hydrogen (secondary N) is 1. The first-order chi connectivity index (χ1) is 12.2. The van der Waals surface area contributed by atoms with Crippen LogP contribution in [0, 0.1) is 13.8 Å². The predicted octanol–water partition coefficient (Wildman–Crippen LogP) is 3.08. The van der Waals surface area contributed by atoms with Crippen molar-refractivity contribution >= 4 is 33.2 Å². The van der Waals surface area contributed by atoms with E-state index in [9.17, 15) is 13.2 Å². The van der Waals surface area contributed by atoms with Crippen LogP contribution in [0.15, 0.2) is 42.5 Å². The Hall–Kier alpha value is -2.05. The Balaban J connectivity index is 1.98. The van der Waals surface area contributed by atoms with Crippen LogP contribution in [0.3, 0.4) is 0 Å². The normalized spacial score (nSPS) is 11.2. The highest BCUT2D eigenvalue weighted by Gasteiger charge is 2.18. The van der Waals surface area contributed by atoms with Gasteiger partial charge in [-0.3, -0.25) is 9.10 Å². The third-order valence-corrected chi connectivity index (χ3v) is 5.57. The minimum absolute atomic E-state index is 0.137. The van der Waals surface area contributed by atoms with E-state index in [1.807, 2.05) is 38.1 Å². The topological polar surface area (TPSA) is 66.5 Å². The van der Waals surface area contributed by atoms with Crippen molar-refractivity contribution in [1.29, 1.82) is 0 Å². The Morgan fingerprint density at radius 2 is 1.77 bits per heavy atom. The number of carbonyl (C=O) groups is 1. The molecule has 26 heavy (non-hydrogen) atoms. The summed E-state index contributed by atoms with van der Waals surface area (Å²) in [6.07, 6.45) is 1.39. The molecule has 0 aliphatic rings. The number of anilines is 1. The fourth-order valence-electron chi connectivity index (χ4n) is 2.47. The number of aryl methyl sites for hydroxylation is 2. The molecular formula is C19H23ClN2O3S. The summed E-state index contributed by atoms with van der Waals surface area (Å²) in [6.45, 7) is 4.18. The van der Waals surface area contributed by atoms with Crippen molar-refractivity contribution in [2.45, 2.75) is 20.3 Å². The average Bonchev–Trinajstić information content (AvgIpc) is 2.55. The van der Waals surface area contributed by atoms with Crippen molar-refractivity contribution in [2.75, 3.05) is 23.7 Å². The first-order valence-corrected chi connectivity index (χ1v) is 10.5. The molecule has 0 aromatic heterocycles. The van der Waals surface area contributed by atoms with Crippen LogP contribution in [-0.2, 0) is 21.2 Å². The highest BCUT2D eigenvalue weighted by atomic mass is 35.5. The van der Waals surface area contributed by atoms with E-state index in [-0.39, 0.29) is 25.4 Å². The second kappa shape index (κ2) is 8.56. The number of carbonyl (C=O) groups excluding carboxylic acids is 1. The van der Waals surface area contributed by atoms with Gasteiger partial charge in [-0.15, -0.1) is 0 Å². The summed E-state index contributed by atoms with van der Waals surface area (Å²) < 4.78 is 25.4. The van der Waals surface area contributed by atoms with Gasteiger partial charge in [-0.1, -0.05) is 47.5 Å². The molecule has 0 unspecified atom stereocenters.